The van der Waals surface area contributed by atoms with E-state index in [1.807, 2.05) is 0 Å². The van der Waals surface area contributed by atoms with Crippen molar-refractivity contribution in [3.8, 4) is 0 Å². The Balaban J connectivity index is 0.000000521. The Hall–Kier alpha value is -4.01. The topological polar surface area (TPSA) is 103 Å². The van der Waals surface area contributed by atoms with E-state index in [0.717, 1.165) is 50.7 Å². The number of benzene rings is 1. The van der Waals surface area contributed by atoms with Crippen molar-refractivity contribution in [1.82, 2.24) is 19.8 Å². The monoisotopic (exact) mass is 604 g/mol. The highest BCUT2D eigenvalue weighted by Gasteiger charge is 2.39. The first kappa shape index (κ1) is 32.5. The summed E-state index contributed by atoms with van der Waals surface area (Å²) in [4.78, 5) is 16.9. The van der Waals surface area contributed by atoms with Crippen LogP contribution in [-0.4, -0.2) is 33.0 Å². The minimum Gasteiger partial charge on any atom is -0.395 e. The molecule has 228 valence electrons. The molecule has 0 aliphatic heterocycles. The van der Waals surface area contributed by atoms with Gasteiger partial charge in [0.15, 0.2) is 5.70 Å². The van der Waals surface area contributed by atoms with Gasteiger partial charge in [-0.2, -0.15) is 31.4 Å². The molecule has 42 heavy (non-hydrogen) atoms. The van der Waals surface area contributed by atoms with Crippen LogP contribution in [0.25, 0.3) is 5.70 Å². The summed E-state index contributed by atoms with van der Waals surface area (Å²) in [6.07, 6.45) is -4.76. The van der Waals surface area contributed by atoms with Gasteiger partial charge in [0.05, 0.1) is 23.5 Å². The highest BCUT2D eigenvalue weighted by atomic mass is 19.4. The number of hydrogen-bond donors (Lipinski definition) is 2. The summed E-state index contributed by atoms with van der Waals surface area (Å²) in [5.74, 6) is 3.99. The minimum atomic E-state index is -4.94. The molecule has 3 aromatic rings. The Kier molecular flexibility index (Phi) is 10.3. The van der Waals surface area contributed by atoms with Gasteiger partial charge in [-0.1, -0.05) is 25.3 Å². The van der Waals surface area contributed by atoms with Gasteiger partial charge in [0, 0.05) is 24.9 Å². The second-order valence-corrected chi connectivity index (χ2v) is 9.59. The van der Waals surface area contributed by atoms with Gasteiger partial charge in [-0.15, -0.1) is 0 Å². The molecule has 2 heterocycles. The molecule has 0 bridgehead atoms. The van der Waals surface area contributed by atoms with E-state index in [-0.39, 0.29) is 16.5 Å². The van der Waals surface area contributed by atoms with Crippen molar-refractivity contribution in [3.63, 3.8) is 0 Å². The molecule has 1 saturated carbocycles. The van der Waals surface area contributed by atoms with Gasteiger partial charge in [-0.05, 0) is 49.1 Å². The summed E-state index contributed by atoms with van der Waals surface area (Å²) in [7, 11) is 0.942. The van der Waals surface area contributed by atoms with Crippen LogP contribution in [0.1, 0.15) is 60.5 Å². The standard InChI is InChI=1S/C21H24F6N6O.C6H4F2/c1-32(29)18(21(25,26)27)17(28)15-10-13(12-6-3-2-4-7-12)19(34)33(31-15)11-16-14(20(22,23)24)8-5-9-30-16;7-5-2-1-3-6(8)4-5/h5,8-10,12H,2-4,6-7,11,28-29H2,1H3;1-4H/b18-17-;. The first-order valence-electron chi connectivity index (χ1n) is 12.7. The van der Waals surface area contributed by atoms with Crippen LogP contribution in [-0.2, 0) is 12.7 Å². The van der Waals surface area contributed by atoms with E-state index >= 15 is 0 Å². The summed E-state index contributed by atoms with van der Waals surface area (Å²) in [5.41, 5.74) is 1.04. The molecular weight excluding hydrogens is 576 g/mol. The normalized spacial score (nSPS) is 15.0. The molecule has 1 aliphatic rings. The van der Waals surface area contributed by atoms with Crippen LogP contribution in [0.2, 0.25) is 0 Å². The molecule has 0 unspecified atom stereocenters. The van der Waals surface area contributed by atoms with Gasteiger partial charge >= 0.3 is 12.4 Å². The smallest absolute Gasteiger partial charge is 0.395 e. The second-order valence-electron chi connectivity index (χ2n) is 9.59. The van der Waals surface area contributed by atoms with E-state index < -0.39 is 64.4 Å². The highest BCUT2D eigenvalue weighted by Crippen LogP contribution is 2.34. The predicted molar refractivity (Wildman–Crippen MR) is 138 cm³/mol. The molecule has 0 atom stereocenters. The number of nitrogens with zero attached hydrogens (tertiary/aromatic N) is 4. The number of allylic oxidation sites excluding steroid dienone is 1. The van der Waals surface area contributed by atoms with Gasteiger partial charge in [-0.25, -0.2) is 19.3 Å². The highest BCUT2D eigenvalue weighted by molar-refractivity contribution is 5.63. The largest absolute Gasteiger partial charge is 0.434 e. The summed E-state index contributed by atoms with van der Waals surface area (Å²) < 4.78 is 106. The number of halogens is 8. The fourth-order valence-corrected chi connectivity index (χ4v) is 4.60. The van der Waals surface area contributed by atoms with E-state index in [4.69, 9.17) is 11.6 Å². The Bertz CT molecular complexity index is 1440. The van der Waals surface area contributed by atoms with Crippen LogP contribution in [0.5, 0.6) is 0 Å². The molecular formula is C27H28F8N6O. The van der Waals surface area contributed by atoms with Crippen LogP contribution >= 0.6 is 0 Å². The Morgan fingerprint density at radius 2 is 1.62 bits per heavy atom. The molecule has 4 N–H and O–H groups in total. The van der Waals surface area contributed by atoms with Crippen LogP contribution in [0.3, 0.4) is 0 Å². The number of pyridine rings is 1. The second kappa shape index (κ2) is 13.3. The van der Waals surface area contributed by atoms with Crippen molar-refractivity contribution in [2.24, 2.45) is 11.6 Å². The van der Waals surface area contributed by atoms with Gasteiger partial charge in [0.25, 0.3) is 5.56 Å². The molecule has 7 nitrogen and oxygen atoms in total. The van der Waals surface area contributed by atoms with E-state index in [9.17, 15) is 39.9 Å². The molecule has 2 aromatic heterocycles. The van der Waals surface area contributed by atoms with E-state index in [2.05, 4.69) is 10.1 Å². The lowest BCUT2D eigenvalue weighted by molar-refractivity contribution is -0.138. The van der Waals surface area contributed by atoms with Crippen molar-refractivity contribution in [1.29, 1.82) is 0 Å². The fraction of sp³-hybridized carbons (Fsp3) is 0.370. The van der Waals surface area contributed by atoms with Gasteiger partial charge in [-0.3, -0.25) is 9.78 Å². The fourth-order valence-electron chi connectivity index (χ4n) is 4.60. The molecule has 15 heteroatoms. The summed E-state index contributed by atoms with van der Waals surface area (Å²) >= 11 is 0. The molecule has 0 spiro atoms. The molecule has 1 fully saturated rings. The third kappa shape index (κ3) is 8.27. The lowest BCUT2D eigenvalue weighted by Crippen LogP contribution is -2.37. The zero-order chi connectivity index (χ0) is 31.2. The number of hydrazine groups is 1. The van der Waals surface area contributed by atoms with Crippen molar-refractivity contribution in [3.05, 3.63) is 98.9 Å². The van der Waals surface area contributed by atoms with Crippen LogP contribution in [0, 0.1) is 11.6 Å². The van der Waals surface area contributed by atoms with Gasteiger partial charge in [0.1, 0.15) is 17.3 Å². The van der Waals surface area contributed by atoms with Crippen LogP contribution in [0.4, 0.5) is 35.1 Å². The predicted octanol–water partition coefficient (Wildman–Crippen LogP) is 5.71. The first-order chi connectivity index (χ1) is 19.6. The van der Waals surface area contributed by atoms with Crippen molar-refractivity contribution in [2.45, 2.75) is 56.9 Å². The summed E-state index contributed by atoms with van der Waals surface area (Å²) in [6, 6.07) is 7.64. The molecule has 4 rings (SSSR count). The van der Waals surface area contributed by atoms with Crippen molar-refractivity contribution < 1.29 is 35.1 Å². The Morgan fingerprint density at radius 1 is 1.00 bits per heavy atom. The van der Waals surface area contributed by atoms with Crippen molar-refractivity contribution >= 4 is 5.70 Å². The van der Waals surface area contributed by atoms with Crippen LogP contribution in [0.15, 0.2) is 59.2 Å². The number of aromatic nitrogens is 3. The zero-order valence-electron chi connectivity index (χ0n) is 22.3. The number of nitrogens with two attached hydrogens (primary N) is 2. The van der Waals surface area contributed by atoms with Gasteiger partial charge < -0.3 is 10.7 Å². The molecule has 1 aromatic carbocycles. The van der Waals surface area contributed by atoms with Crippen LogP contribution < -0.4 is 17.1 Å². The number of hydrogen-bond acceptors (Lipinski definition) is 6. The zero-order valence-corrected chi connectivity index (χ0v) is 22.3. The lowest BCUT2D eigenvalue weighted by atomic mass is 9.84. The lowest BCUT2D eigenvalue weighted by Gasteiger charge is -2.24. The first-order valence-corrected chi connectivity index (χ1v) is 12.7. The summed E-state index contributed by atoms with van der Waals surface area (Å²) in [6.45, 7) is -0.699. The average Bonchev–Trinajstić information content (AvgIpc) is 2.89. The maximum atomic E-state index is 13.6. The summed E-state index contributed by atoms with van der Waals surface area (Å²) in [5, 5.41) is 4.18. The number of alkyl halides is 6. The maximum Gasteiger partial charge on any atom is 0.434 e. The van der Waals surface area contributed by atoms with Gasteiger partial charge in [0.2, 0.25) is 0 Å². The van der Waals surface area contributed by atoms with E-state index in [1.165, 1.54) is 24.3 Å². The third-order valence-electron chi connectivity index (χ3n) is 6.48. The Morgan fingerprint density at radius 3 is 2.12 bits per heavy atom. The SMILES string of the molecule is CN(N)/C(=C(\N)c1cc(C2CCCCC2)c(=O)n(Cc2ncccc2C(F)(F)F)n1)C(F)(F)F.Fc1cccc(F)c1. The van der Waals surface area contributed by atoms with E-state index in [0.29, 0.717) is 17.5 Å². The average molecular weight is 605 g/mol. The van der Waals surface area contributed by atoms with E-state index in [1.54, 1.807) is 0 Å². The maximum absolute atomic E-state index is 13.6. The molecule has 0 amide bonds. The van der Waals surface area contributed by atoms with Crippen molar-refractivity contribution in [2.75, 3.05) is 7.05 Å². The Labute approximate surface area is 235 Å². The molecule has 0 saturated heterocycles. The number of rotatable bonds is 5. The molecule has 1 aliphatic carbocycles. The minimum absolute atomic E-state index is 0.151. The quantitative estimate of drug-likeness (QED) is 0.220. The third-order valence-corrected chi connectivity index (χ3v) is 6.48. The molecule has 0 radical (unpaired) electrons.